The number of rotatable bonds is 23. The van der Waals surface area contributed by atoms with Crippen LogP contribution in [0, 0.1) is 17.8 Å². The van der Waals surface area contributed by atoms with Crippen LogP contribution in [0.1, 0.15) is 37.0 Å². The summed E-state index contributed by atoms with van der Waals surface area (Å²) in [7, 11) is 3.15. The standard InChI is InChI=1S/C28H45N3O7S2/c1-23(2)7-5-14-34-16-13-30-26(32)10-6-15-35-17-18-36-19-20-37-27(40-39-3)22-38-25-9-4-8-24(21-25)28(33)31-12-11-29/h4,8-9,21,23,27H,6,10-20,22,29H2,1-3H3,(H,30,32)(H,31,33). The first-order chi connectivity index (χ1) is 19.5. The second kappa shape index (κ2) is 24.8. The zero-order valence-corrected chi connectivity index (χ0v) is 25.5. The molecule has 0 saturated carbocycles. The predicted molar refractivity (Wildman–Crippen MR) is 161 cm³/mol. The molecule has 1 unspecified atom stereocenters. The first-order valence-corrected chi connectivity index (χ1v) is 16.1. The Hall–Kier alpha value is -1.98. The molecule has 1 aromatic carbocycles. The van der Waals surface area contributed by atoms with Crippen molar-refractivity contribution in [1.29, 1.82) is 0 Å². The van der Waals surface area contributed by atoms with Crippen molar-refractivity contribution in [2.24, 2.45) is 11.7 Å². The van der Waals surface area contributed by atoms with Gasteiger partial charge in [-0.3, -0.25) is 9.59 Å². The quantitative estimate of drug-likeness (QED) is 0.0747. The largest absolute Gasteiger partial charge is 0.490 e. The second-order valence-corrected chi connectivity index (χ2v) is 11.3. The molecule has 0 heterocycles. The summed E-state index contributed by atoms with van der Waals surface area (Å²) in [6.45, 7) is 8.73. The molecule has 1 aromatic rings. The van der Waals surface area contributed by atoms with Crippen LogP contribution in [0.25, 0.3) is 0 Å². The molecule has 0 saturated heterocycles. The molecule has 10 nitrogen and oxygen atoms in total. The average Bonchev–Trinajstić information content (AvgIpc) is 2.94. The molecule has 0 aliphatic heterocycles. The van der Waals surface area contributed by atoms with Gasteiger partial charge in [0.25, 0.3) is 5.91 Å². The molecular formula is C28H45N3O7S2. The van der Waals surface area contributed by atoms with Crippen molar-refractivity contribution in [2.45, 2.75) is 32.1 Å². The van der Waals surface area contributed by atoms with Crippen LogP contribution in [0.3, 0.4) is 0 Å². The lowest BCUT2D eigenvalue weighted by molar-refractivity contribution is -0.121. The van der Waals surface area contributed by atoms with Crippen molar-refractivity contribution in [1.82, 2.24) is 10.6 Å². The van der Waals surface area contributed by atoms with Crippen LogP contribution in [0.2, 0.25) is 0 Å². The Morgan fingerprint density at radius 3 is 2.52 bits per heavy atom. The molecule has 0 aliphatic rings. The fraction of sp³-hybridized carbons (Fsp3) is 0.643. The summed E-state index contributed by atoms with van der Waals surface area (Å²) in [6.07, 6.45) is 3.02. The van der Waals surface area contributed by atoms with Gasteiger partial charge >= 0.3 is 0 Å². The van der Waals surface area contributed by atoms with Gasteiger partial charge in [0.2, 0.25) is 5.91 Å². The lowest BCUT2D eigenvalue weighted by atomic mass is 10.2. The van der Waals surface area contributed by atoms with Crippen LogP contribution >= 0.6 is 21.6 Å². The van der Waals surface area contributed by atoms with Crippen molar-refractivity contribution >= 4 is 33.4 Å². The van der Waals surface area contributed by atoms with E-state index in [1.807, 2.05) is 20.1 Å². The van der Waals surface area contributed by atoms with Crippen molar-refractivity contribution < 1.29 is 33.3 Å². The number of nitrogens with one attached hydrogen (secondary N) is 2. The Morgan fingerprint density at radius 1 is 1.00 bits per heavy atom. The highest BCUT2D eigenvalue weighted by molar-refractivity contribution is 8.76. The molecule has 2 amide bonds. The molecule has 1 atom stereocenters. The van der Waals surface area contributed by atoms with Gasteiger partial charge in [0.1, 0.15) is 24.4 Å². The molecule has 0 aromatic heterocycles. The van der Waals surface area contributed by atoms with E-state index < -0.39 is 0 Å². The number of carbonyl (C=O) groups excluding carboxylic acids is 2. The fourth-order valence-electron chi connectivity index (χ4n) is 3.01. The zero-order valence-electron chi connectivity index (χ0n) is 23.9. The molecular weight excluding hydrogens is 554 g/mol. The molecule has 0 radical (unpaired) electrons. The van der Waals surface area contributed by atoms with E-state index in [0.717, 1.165) is 0 Å². The Bertz CT molecular complexity index is 881. The van der Waals surface area contributed by atoms with Gasteiger partial charge in [-0.2, -0.15) is 0 Å². The van der Waals surface area contributed by atoms with E-state index in [1.165, 1.54) is 0 Å². The van der Waals surface area contributed by atoms with Gasteiger partial charge in [-0.1, -0.05) is 53.3 Å². The third kappa shape index (κ3) is 20.0. The predicted octanol–water partition coefficient (Wildman–Crippen LogP) is 2.71. The third-order valence-electron chi connectivity index (χ3n) is 4.85. The van der Waals surface area contributed by atoms with E-state index in [-0.39, 0.29) is 17.3 Å². The van der Waals surface area contributed by atoms with Crippen LogP contribution < -0.4 is 21.1 Å². The van der Waals surface area contributed by atoms with E-state index in [2.05, 4.69) is 22.5 Å². The maximum Gasteiger partial charge on any atom is 0.251 e. The smallest absolute Gasteiger partial charge is 0.251 e. The van der Waals surface area contributed by atoms with Crippen LogP contribution in [0.4, 0.5) is 0 Å². The SMILES string of the molecule is CSSC(COc1cccc(C(=O)NCCN)c1)OCCOCCOCCCC(=O)NCCOCC#CC(C)C. The number of ether oxygens (including phenoxy) is 5. The maximum absolute atomic E-state index is 12.1. The van der Waals surface area contributed by atoms with Crippen LogP contribution in [-0.4, -0.2) is 96.0 Å². The molecule has 40 heavy (non-hydrogen) atoms. The summed E-state index contributed by atoms with van der Waals surface area (Å²) >= 11 is 0. The molecule has 0 bridgehead atoms. The van der Waals surface area contributed by atoms with Crippen molar-refractivity contribution in [2.75, 3.05) is 78.7 Å². The Morgan fingerprint density at radius 2 is 1.77 bits per heavy atom. The highest BCUT2D eigenvalue weighted by Crippen LogP contribution is 2.25. The topological polar surface area (TPSA) is 130 Å². The molecule has 0 aliphatic carbocycles. The minimum Gasteiger partial charge on any atom is -0.490 e. The molecule has 1 rings (SSSR count). The average molecular weight is 600 g/mol. The van der Waals surface area contributed by atoms with Crippen LogP contribution in [-0.2, 0) is 23.7 Å². The number of carbonyl (C=O) groups is 2. The summed E-state index contributed by atoms with van der Waals surface area (Å²) in [5.74, 6) is 6.68. The number of amides is 2. The van der Waals surface area contributed by atoms with Gasteiger partial charge in [0.15, 0.2) is 0 Å². The van der Waals surface area contributed by atoms with Crippen molar-refractivity contribution in [3.63, 3.8) is 0 Å². The summed E-state index contributed by atoms with van der Waals surface area (Å²) in [5.41, 5.74) is 5.76. The molecule has 4 N–H and O–H groups in total. The van der Waals surface area contributed by atoms with Gasteiger partial charge < -0.3 is 40.1 Å². The molecule has 0 fully saturated rings. The number of hydrogen-bond acceptors (Lipinski definition) is 10. The molecule has 0 spiro atoms. The van der Waals surface area contributed by atoms with Crippen LogP contribution in [0.5, 0.6) is 5.75 Å². The highest BCUT2D eigenvalue weighted by Gasteiger charge is 2.12. The Kier molecular flexibility index (Phi) is 22.3. The first kappa shape index (κ1) is 36.0. The normalized spacial score (nSPS) is 11.5. The van der Waals surface area contributed by atoms with Gasteiger partial charge in [0, 0.05) is 44.1 Å². The first-order valence-electron chi connectivity index (χ1n) is 13.5. The minimum atomic E-state index is -0.194. The zero-order chi connectivity index (χ0) is 29.3. The Balaban J connectivity index is 2.06. The second-order valence-electron chi connectivity index (χ2n) is 8.65. The summed E-state index contributed by atoms with van der Waals surface area (Å²) in [5, 5.41) is 5.56. The van der Waals surface area contributed by atoms with E-state index in [0.29, 0.717) is 103 Å². The van der Waals surface area contributed by atoms with Crippen molar-refractivity contribution in [3.05, 3.63) is 29.8 Å². The molecule has 226 valence electrons. The van der Waals surface area contributed by atoms with E-state index >= 15 is 0 Å². The van der Waals surface area contributed by atoms with Gasteiger partial charge in [-0.25, -0.2) is 0 Å². The number of nitrogens with two attached hydrogens (primary N) is 1. The number of hydrogen-bond donors (Lipinski definition) is 3. The van der Waals surface area contributed by atoms with Gasteiger partial charge in [-0.15, -0.1) is 0 Å². The summed E-state index contributed by atoms with van der Waals surface area (Å²) < 4.78 is 28.2. The maximum atomic E-state index is 12.1. The van der Waals surface area contributed by atoms with Crippen LogP contribution in [0.15, 0.2) is 24.3 Å². The van der Waals surface area contributed by atoms with Gasteiger partial charge in [-0.05, 0) is 30.9 Å². The van der Waals surface area contributed by atoms with E-state index in [9.17, 15) is 9.59 Å². The highest BCUT2D eigenvalue weighted by atomic mass is 33.1. The molecule has 12 heteroatoms. The lowest BCUT2D eigenvalue weighted by Gasteiger charge is -2.17. The van der Waals surface area contributed by atoms with E-state index in [4.69, 9.17) is 29.4 Å². The monoisotopic (exact) mass is 599 g/mol. The van der Waals surface area contributed by atoms with Gasteiger partial charge in [0.05, 0.1) is 33.0 Å². The summed E-state index contributed by atoms with van der Waals surface area (Å²) in [4.78, 5) is 23.9. The third-order valence-corrected chi connectivity index (χ3v) is 6.75. The lowest BCUT2D eigenvalue weighted by Crippen LogP contribution is -2.29. The summed E-state index contributed by atoms with van der Waals surface area (Å²) in [6, 6.07) is 7.01. The van der Waals surface area contributed by atoms with Crippen molar-refractivity contribution in [3.8, 4) is 17.6 Å². The minimum absolute atomic E-state index is 0.0174. The fourth-order valence-corrected chi connectivity index (χ4v) is 4.47. The Labute approximate surface area is 246 Å². The number of benzene rings is 1. The van der Waals surface area contributed by atoms with E-state index in [1.54, 1.807) is 45.9 Å².